The minimum Gasteiger partial charge on any atom is -0.357 e. The molecule has 0 aromatic carbocycles. The monoisotopic (exact) mass is 539 g/mol. The fourth-order valence-corrected chi connectivity index (χ4v) is 5.45. The minimum atomic E-state index is -0.107. The quantitative estimate of drug-likeness (QED) is 0.134. The van der Waals surface area contributed by atoms with Crippen LogP contribution in [0.2, 0.25) is 0 Å². The number of imide groups is 1. The third-order valence-corrected chi connectivity index (χ3v) is 6.82. The van der Waals surface area contributed by atoms with Crippen LogP contribution in [0, 0.1) is 23.7 Å². The van der Waals surface area contributed by atoms with E-state index in [2.05, 4.69) is 42.5 Å². The number of halogens is 1. The second-order valence-electron chi connectivity index (χ2n) is 8.59. The Hall–Kier alpha value is -1.98. The van der Waals surface area contributed by atoms with Gasteiger partial charge in [-0.3, -0.25) is 14.5 Å². The zero-order valence-corrected chi connectivity index (χ0v) is 20.1. The average molecular weight is 539 g/mol. The van der Waals surface area contributed by atoms with Gasteiger partial charge in [-0.1, -0.05) is 12.2 Å². The Bertz CT molecular complexity index is 882. The van der Waals surface area contributed by atoms with Crippen molar-refractivity contribution in [1.29, 1.82) is 0 Å². The van der Waals surface area contributed by atoms with Gasteiger partial charge in [0.15, 0.2) is 11.8 Å². The lowest BCUT2D eigenvalue weighted by molar-refractivity contribution is -0.140. The summed E-state index contributed by atoms with van der Waals surface area (Å²) in [6.45, 7) is 5.33. The summed E-state index contributed by atoms with van der Waals surface area (Å²) in [5.74, 6) is 3.04. The third-order valence-electron chi connectivity index (χ3n) is 6.82. The number of likely N-dealkylation sites (tertiary alicyclic amines) is 1. The number of amides is 2. The van der Waals surface area contributed by atoms with Gasteiger partial charge in [-0.05, 0) is 38.0 Å². The van der Waals surface area contributed by atoms with Crippen molar-refractivity contribution in [2.24, 2.45) is 28.7 Å². The molecule has 0 radical (unpaired) electrons. The first-order chi connectivity index (χ1) is 14.7. The molecule has 2 bridgehead atoms. The summed E-state index contributed by atoms with van der Waals surface area (Å²) in [5, 5.41) is 15.0. The predicted octanol–water partition coefficient (Wildman–Crippen LogP) is 1.09. The summed E-state index contributed by atoms with van der Waals surface area (Å²) in [4.78, 5) is 31.6. The van der Waals surface area contributed by atoms with E-state index in [1.54, 1.807) is 0 Å². The predicted molar refractivity (Wildman–Crippen MR) is 126 cm³/mol. The van der Waals surface area contributed by atoms with E-state index in [0.29, 0.717) is 32.0 Å². The van der Waals surface area contributed by atoms with Gasteiger partial charge in [0.25, 0.3) is 0 Å². The first kappa shape index (κ1) is 22.2. The smallest absolute Gasteiger partial charge is 0.233 e. The molecule has 2 fully saturated rings. The Kier molecular flexibility index (Phi) is 6.63. The van der Waals surface area contributed by atoms with Gasteiger partial charge in [0.1, 0.15) is 12.4 Å². The fourth-order valence-electron chi connectivity index (χ4n) is 5.45. The molecule has 10 heteroatoms. The van der Waals surface area contributed by atoms with Gasteiger partial charge in [0, 0.05) is 32.6 Å². The topological polar surface area (TPSA) is 105 Å². The van der Waals surface area contributed by atoms with E-state index >= 15 is 0 Å². The molecular weight excluding hydrogens is 509 g/mol. The number of hydrogen-bond acceptors (Lipinski definition) is 5. The molecule has 4 atom stereocenters. The summed E-state index contributed by atoms with van der Waals surface area (Å²) in [6, 6.07) is 0. The van der Waals surface area contributed by atoms with E-state index in [1.807, 2.05) is 6.92 Å². The van der Waals surface area contributed by atoms with Gasteiger partial charge in [0.2, 0.25) is 11.8 Å². The Morgan fingerprint density at radius 2 is 1.90 bits per heavy atom. The van der Waals surface area contributed by atoms with Crippen molar-refractivity contribution in [2.75, 3.05) is 19.6 Å². The second-order valence-corrected chi connectivity index (χ2v) is 8.59. The summed E-state index contributed by atoms with van der Waals surface area (Å²) in [7, 11) is 0. The number of aromatic nitrogens is 3. The molecule has 5 rings (SSSR count). The summed E-state index contributed by atoms with van der Waals surface area (Å²) >= 11 is 0. The van der Waals surface area contributed by atoms with Gasteiger partial charge in [-0.25, -0.2) is 4.99 Å². The summed E-state index contributed by atoms with van der Waals surface area (Å²) in [5.41, 5.74) is 0. The van der Waals surface area contributed by atoms with E-state index in [0.717, 1.165) is 44.0 Å². The zero-order chi connectivity index (χ0) is 20.7. The van der Waals surface area contributed by atoms with E-state index in [4.69, 9.17) is 0 Å². The molecule has 1 aromatic rings. The molecule has 2 aliphatic carbocycles. The lowest BCUT2D eigenvalue weighted by Gasteiger charge is -2.18. The lowest BCUT2D eigenvalue weighted by atomic mass is 9.85. The van der Waals surface area contributed by atoms with Gasteiger partial charge in [-0.2, -0.15) is 0 Å². The molecule has 31 heavy (non-hydrogen) atoms. The second kappa shape index (κ2) is 9.25. The molecule has 4 aliphatic rings. The van der Waals surface area contributed by atoms with Crippen LogP contribution >= 0.6 is 24.0 Å². The highest BCUT2D eigenvalue weighted by atomic mass is 127. The van der Waals surface area contributed by atoms with Crippen molar-refractivity contribution in [3.8, 4) is 0 Å². The number of carbonyl (C=O) groups excluding carboxylic acids is 2. The Balaban J connectivity index is 0.00000231. The maximum Gasteiger partial charge on any atom is 0.233 e. The third kappa shape index (κ3) is 3.98. The van der Waals surface area contributed by atoms with Crippen molar-refractivity contribution in [2.45, 2.75) is 45.7 Å². The van der Waals surface area contributed by atoms with Crippen LogP contribution in [-0.2, 0) is 29.1 Å². The number of nitrogens with one attached hydrogen (secondary N) is 2. The van der Waals surface area contributed by atoms with Crippen LogP contribution in [0.5, 0.6) is 0 Å². The van der Waals surface area contributed by atoms with Crippen LogP contribution in [0.1, 0.15) is 37.8 Å². The Morgan fingerprint density at radius 1 is 1.16 bits per heavy atom. The molecule has 1 saturated heterocycles. The van der Waals surface area contributed by atoms with E-state index < -0.39 is 0 Å². The average Bonchev–Trinajstić information content (AvgIpc) is 3.53. The molecule has 1 aromatic heterocycles. The highest BCUT2D eigenvalue weighted by Crippen LogP contribution is 2.52. The number of aliphatic imine (C=N–C) groups is 1. The standard InChI is InChI=1S/C21H29N7O2.HI/c1-2-22-21(24-12-16-26-25-15-5-3-9-27(15)16)23-8-4-10-28-19(29)17-13-6-7-14(11-13)18(17)20(28)30;/h6-7,13-14,17-18H,2-5,8-12H2,1H3,(H2,22,23,24);1H. The van der Waals surface area contributed by atoms with Crippen LogP contribution in [0.15, 0.2) is 17.1 Å². The van der Waals surface area contributed by atoms with E-state index in [-0.39, 0.29) is 59.5 Å². The van der Waals surface area contributed by atoms with Gasteiger partial charge < -0.3 is 15.2 Å². The van der Waals surface area contributed by atoms with Gasteiger partial charge in [-0.15, -0.1) is 34.2 Å². The zero-order valence-electron chi connectivity index (χ0n) is 17.8. The Morgan fingerprint density at radius 3 is 2.61 bits per heavy atom. The maximum atomic E-state index is 12.7. The van der Waals surface area contributed by atoms with Crippen LogP contribution in [-0.4, -0.2) is 57.1 Å². The SMILES string of the molecule is CCNC(=NCc1nnc2n1CCC2)NCCCN1C(=O)C2C3C=CC(C3)C2C1=O.I. The lowest BCUT2D eigenvalue weighted by Crippen LogP contribution is -2.40. The summed E-state index contributed by atoms with van der Waals surface area (Å²) < 4.78 is 2.15. The van der Waals surface area contributed by atoms with Crippen molar-refractivity contribution >= 4 is 41.8 Å². The number of allylic oxidation sites excluding steroid dienone is 2. The molecule has 0 spiro atoms. The van der Waals surface area contributed by atoms with Gasteiger partial charge >= 0.3 is 0 Å². The van der Waals surface area contributed by atoms with Crippen LogP contribution in [0.3, 0.4) is 0 Å². The number of fused-ring (bicyclic) bond motifs is 6. The number of nitrogens with zero attached hydrogens (tertiary/aromatic N) is 5. The fraction of sp³-hybridized carbons (Fsp3) is 0.667. The first-order valence-electron chi connectivity index (χ1n) is 11.1. The normalized spacial score (nSPS) is 28.2. The molecule has 2 aliphatic heterocycles. The van der Waals surface area contributed by atoms with Crippen molar-refractivity contribution in [3.63, 3.8) is 0 Å². The molecular formula is C21H30IN7O2. The number of aryl methyl sites for hydroxylation is 1. The highest BCUT2D eigenvalue weighted by molar-refractivity contribution is 14.0. The first-order valence-corrected chi connectivity index (χ1v) is 11.1. The van der Waals surface area contributed by atoms with Gasteiger partial charge in [0.05, 0.1) is 11.8 Å². The largest absolute Gasteiger partial charge is 0.357 e. The number of rotatable bonds is 7. The molecule has 4 unspecified atom stereocenters. The van der Waals surface area contributed by atoms with Crippen LogP contribution in [0.4, 0.5) is 0 Å². The number of guanidine groups is 1. The highest BCUT2D eigenvalue weighted by Gasteiger charge is 2.58. The molecule has 2 N–H and O–H groups in total. The van der Waals surface area contributed by atoms with E-state index in [1.165, 1.54) is 4.90 Å². The molecule has 1 saturated carbocycles. The summed E-state index contributed by atoms with van der Waals surface area (Å²) in [6.07, 6.45) is 8.04. The number of hydrogen-bond donors (Lipinski definition) is 2. The molecule has 168 valence electrons. The minimum absolute atomic E-state index is 0. The maximum absolute atomic E-state index is 12.7. The molecule has 2 amide bonds. The van der Waals surface area contributed by atoms with Crippen LogP contribution < -0.4 is 10.6 Å². The molecule has 9 nitrogen and oxygen atoms in total. The molecule has 3 heterocycles. The van der Waals surface area contributed by atoms with E-state index in [9.17, 15) is 9.59 Å². The van der Waals surface area contributed by atoms with Crippen LogP contribution in [0.25, 0.3) is 0 Å². The Labute approximate surface area is 199 Å². The van der Waals surface area contributed by atoms with Crippen molar-refractivity contribution in [3.05, 3.63) is 23.8 Å². The van der Waals surface area contributed by atoms with Crippen molar-refractivity contribution < 1.29 is 9.59 Å². The number of carbonyl (C=O) groups is 2. The van der Waals surface area contributed by atoms with Crippen molar-refractivity contribution in [1.82, 2.24) is 30.3 Å².